The van der Waals surface area contributed by atoms with E-state index in [0.29, 0.717) is 11.5 Å². The lowest BCUT2D eigenvalue weighted by Gasteiger charge is -2.20. The Morgan fingerprint density at radius 3 is 1.37 bits per heavy atom. The molecule has 1 N–H and O–H groups in total. The Balaban J connectivity index is 1.71. The van der Waals surface area contributed by atoms with Crippen LogP contribution in [0, 0.1) is 27.7 Å². The molecule has 4 nitrogen and oxygen atoms in total. The molecule has 0 unspecified atom stereocenters. The molecule has 1 heterocycles. The van der Waals surface area contributed by atoms with Gasteiger partial charge in [0.1, 0.15) is 11.5 Å². The molecule has 0 atom stereocenters. The monoisotopic (exact) mass is 556 g/mol. The zero-order chi connectivity index (χ0) is 28.5. The van der Waals surface area contributed by atoms with Crippen molar-refractivity contribution in [2.24, 2.45) is 0 Å². The van der Waals surface area contributed by atoms with Crippen molar-refractivity contribution < 1.29 is 18.5 Å². The van der Waals surface area contributed by atoms with Crippen molar-refractivity contribution in [1.29, 1.82) is 0 Å². The number of aryl methyl sites for hydroxylation is 4. The van der Waals surface area contributed by atoms with E-state index in [2.05, 4.69) is 76.2 Å². The van der Waals surface area contributed by atoms with Crippen LogP contribution >= 0.6 is 7.82 Å². The van der Waals surface area contributed by atoms with Gasteiger partial charge in [0.05, 0.1) is 0 Å². The summed E-state index contributed by atoms with van der Waals surface area (Å²) in [4.78, 5) is 11.3. The molecular weight excluding hydrogens is 527 g/mol. The van der Waals surface area contributed by atoms with Gasteiger partial charge in [0.2, 0.25) is 0 Å². The maximum Gasteiger partial charge on any atom is 0.584 e. The highest BCUT2D eigenvalue weighted by molar-refractivity contribution is 7.48. The van der Waals surface area contributed by atoms with Crippen molar-refractivity contribution in [2.75, 3.05) is 0 Å². The minimum Gasteiger partial charge on any atom is -0.394 e. The fourth-order valence-electron chi connectivity index (χ4n) is 6.22. The summed E-state index contributed by atoms with van der Waals surface area (Å²) in [6, 6.07) is 32.8. The molecule has 1 aliphatic heterocycles. The Hall–Kier alpha value is -4.37. The van der Waals surface area contributed by atoms with E-state index in [1.54, 1.807) is 0 Å². The van der Waals surface area contributed by atoms with Crippen LogP contribution in [0.1, 0.15) is 22.3 Å². The molecule has 6 aromatic rings. The van der Waals surface area contributed by atoms with Crippen LogP contribution in [0.5, 0.6) is 11.5 Å². The smallest absolute Gasteiger partial charge is 0.394 e. The number of rotatable bonds is 2. The molecule has 7 rings (SSSR count). The van der Waals surface area contributed by atoms with Crippen LogP contribution in [0.25, 0.3) is 54.9 Å². The predicted octanol–water partition coefficient (Wildman–Crippen LogP) is 10.1. The molecule has 0 fully saturated rings. The molecule has 0 radical (unpaired) electrons. The van der Waals surface area contributed by atoms with E-state index >= 15 is 0 Å². The SMILES string of the molecule is Cc1ccc(-c2cc3ccccc3c3c2OP(=O)(O)Oc2c(-c4ccc(C)cc4C)cc4ccccc4c2-3)c(C)c1. The first-order valence-corrected chi connectivity index (χ1v) is 15.2. The highest BCUT2D eigenvalue weighted by atomic mass is 31.2. The molecule has 0 spiro atoms. The van der Waals surface area contributed by atoms with Gasteiger partial charge in [-0.2, -0.15) is 0 Å². The van der Waals surface area contributed by atoms with E-state index in [-0.39, 0.29) is 0 Å². The standard InChI is InChI=1S/C36H29O4P/c1-21-13-15-27(23(3)17-21)31-19-25-9-5-7-11-29(25)33-34-30-12-8-6-10-26(30)20-32(28-16-14-22(2)18-24(28)4)36(34)40-41(37,38)39-35(31)33/h5-20H,1-4H3,(H,37,38). The molecule has 5 heteroatoms. The van der Waals surface area contributed by atoms with Crippen LogP contribution in [0.15, 0.2) is 97.1 Å². The van der Waals surface area contributed by atoms with Gasteiger partial charge in [-0.25, -0.2) is 4.57 Å². The molecule has 0 aromatic heterocycles. The van der Waals surface area contributed by atoms with Crippen molar-refractivity contribution in [3.8, 4) is 44.9 Å². The molecule has 202 valence electrons. The zero-order valence-corrected chi connectivity index (χ0v) is 24.3. The van der Waals surface area contributed by atoms with E-state index in [0.717, 1.165) is 77.2 Å². The van der Waals surface area contributed by atoms with Gasteiger partial charge in [0, 0.05) is 22.3 Å². The summed E-state index contributed by atoms with van der Waals surface area (Å²) < 4.78 is 26.0. The third-order valence-electron chi connectivity index (χ3n) is 8.01. The van der Waals surface area contributed by atoms with Crippen LogP contribution in [-0.4, -0.2) is 4.89 Å². The number of phosphoric ester groups is 1. The lowest BCUT2D eigenvalue weighted by Crippen LogP contribution is -2.00. The Labute approximate surface area is 239 Å². The molecule has 6 aromatic carbocycles. The van der Waals surface area contributed by atoms with Gasteiger partial charge in [-0.1, -0.05) is 96.1 Å². The van der Waals surface area contributed by atoms with E-state index < -0.39 is 7.82 Å². The van der Waals surface area contributed by atoms with Crippen molar-refractivity contribution in [3.05, 3.63) is 119 Å². The van der Waals surface area contributed by atoms with Crippen molar-refractivity contribution >= 4 is 29.4 Å². The van der Waals surface area contributed by atoms with Crippen LogP contribution in [0.2, 0.25) is 0 Å². The second-order valence-electron chi connectivity index (χ2n) is 11.0. The Morgan fingerprint density at radius 2 is 0.951 bits per heavy atom. The summed E-state index contributed by atoms with van der Waals surface area (Å²) >= 11 is 0. The van der Waals surface area contributed by atoms with Crippen molar-refractivity contribution in [3.63, 3.8) is 0 Å². The maximum atomic E-state index is 13.8. The summed E-state index contributed by atoms with van der Waals surface area (Å²) in [7, 11) is -4.59. The predicted molar refractivity (Wildman–Crippen MR) is 168 cm³/mol. The number of phosphoric acid groups is 1. The molecule has 0 bridgehead atoms. The first kappa shape index (κ1) is 25.6. The molecule has 1 aliphatic rings. The zero-order valence-electron chi connectivity index (χ0n) is 23.4. The van der Waals surface area contributed by atoms with Gasteiger partial charge < -0.3 is 9.05 Å². The fourth-order valence-corrected chi connectivity index (χ4v) is 7.10. The minimum absolute atomic E-state index is 0.350. The molecule has 0 aliphatic carbocycles. The average molecular weight is 557 g/mol. The number of hydrogen-bond donors (Lipinski definition) is 1. The van der Waals surface area contributed by atoms with Gasteiger partial charge >= 0.3 is 7.82 Å². The van der Waals surface area contributed by atoms with Gasteiger partial charge in [0.15, 0.2) is 0 Å². The molecule has 0 saturated heterocycles. The summed E-state index contributed by atoms with van der Waals surface area (Å²) in [6.07, 6.45) is 0. The van der Waals surface area contributed by atoms with Crippen LogP contribution < -0.4 is 9.05 Å². The fraction of sp³-hybridized carbons (Fsp3) is 0.111. The molecule has 41 heavy (non-hydrogen) atoms. The maximum absolute atomic E-state index is 13.8. The summed E-state index contributed by atoms with van der Waals surface area (Å²) in [5, 5.41) is 3.86. The number of fused-ring (bicyclic) bond motifs is 7. The number of hydrogen-bond acceptors (Lipinski definition) is 3. The molecule has 0 saturated carbocycles. The van der Waals surface area contributed by atoms with Gasteiger partial charge in [-0.3, -0.25) is 4.89 Å². The molecule has 0 amide bonds. The largest absolute Gasteiger partial charge is 0.584 e. The first-order chi connectivity index (χ1) is 19.7. The third-order valence-corrected chi connectivity index (χ3v) is 8.84. The Bertz CT molecular complexity index is 1950. The highest BCUT2D eigenvalue weighted by Crippen LogP contribution is 2.61. The second kappa shape index (κ2) is 9.34. The summed E-state index contributed by atoms with van der Waals surface area (Å²) in [6.45, 7) is 8.22. The molecular formula is C36H29O4P. The van der Waals surface area contributed by atoms with Crippen LogP contribution in [0.4, 0.5) is 0 Å². The van der Waals surface area contributed by atoms with Gasteiger partial charge in [-0.05, 0) is 83.6 Å². The van der Waals surface area contributed by atoms with E-state index in [4.69, 9.17) is 9.05 Å². The Morgan fingerprint density at radius 1 is 0.537 bits per heavy atom. The van der Waals surface area contributed by atoms with E-state index in [1.807, 2.05) is 48.5 Å². The second-order valence-corrected chi connectivity index (χ2v) is 12.3. The number of benzene rings is 6. The van der Waals surface area contributed by atoms with Crippen molar-refractivity contribution in [1.82, 2.24) is 0 Å². The van der Waals surface area contributed by atoms with Gasteiger partial charge in [-0.15, -0.1) is 0 Å². The normalized spacial score (nSPS) is 13.7. The van der Waals surface area contributed by atoms with Crippen LogP contribution in [0.3, 0.4) is 0 Å². The third kappa shape index (κ3) is 4.23. The topological polar surface area (TPSA) is 55.8 Å². The highest BCUT2D eigenvalue weighted by Gasteiger charge is 2.37. The van der Waals surface area contributed by atoms with Crippen LogP contribution in [-0.2, 0) is 4.57 Å². The van der Waals surface area contributed by atoms with Gasteiger partial charge in [0.25, 0.3) is 0 Å². The van der Waals surface area contributed by atoms with E-state index in [1.165, 1.54) is 0 Å². The van der Waals surface area contributed by atoms with E-state index in [9.17, 15) is 9.46 Å². The average Bonchev–Trinajstić information content (AvgIpc) is 3.06. The summed E-state index contributed by atoms with van der Waals surface area (Å²) in [5.74, 6) is 0.700. The lowest BCUT2D eigenvalue weighted by molar-refractivity contribution is 0.295. The lowest BCUT2D eigenvalue weighted by atomic mass is 9.85. The Kier molecular flexibility index (Phi) is 5.83. The minimum atomic E-state index is -4.59. The van der Waals surface area contributed by atoms with Crippen molar-refractivity contribution in [2.45, 2.75) is 27.7 Å². The summed E-state index contributed by atoms with van der Waals surface area (Å²) in [5.41, 5.74) is 9.29. The quantitative estimate of drug-likeness (QED) is 0.216. The first-order valence-electron chi connectivity index (χ1n) is 13.7.